The Balaban J connectivity index is 1.80. The minimum atomic E-state index is -0.455. The van der Waals surface area contributed by atoms with Gasteiger partial charge in [-0.15, -0.1) is 0 Å². The molecule has 2 aromatic carbocycles. The van der Waals surface area contributed by atoms with Crippen molar-refractivity contribution in [1.82, 2.24) is 5.32 Å². The number of hydrogen-bond acceptors (Lipinski definition) is 3. The lowest BCUT2D eigenvalue weighted by atomic mass is 10.1. The summed E-state index contributed by atoms with van der Waals surface area (Å²) in [6.07, 6.45) is 3.83. The fourth-order valence-corrected chi connectivity index (χ4v) is 1.91. The normalized spacial score (nSPS) is 10.5. The van der Waals surface area contributed by atoms with Gasteiger partial charge in [0.2, 0.25) is 5.91 Å². The molecule has 0 aromatic heterocycles. The van der Waals surface area contributed by atoms with E-state index >= 15 is 0 Å². The molecule has 2 aromatic rings. The summed E-state index contributed by atoms with van der Waals surface area (Å²) < 4.78 is 0. The molecule has 0 spiro atoms. The first kappa shape index (κ1) is 15.4. The summed E-state index contributed by atoms with van der Waals surface area (Å²) in [5.74, 6) is -0.186. The highest BCUT2D eigenvalue weighted by Crippen LogP contribution is 2.12. The number of nitrogens with zero attached hydrogens (tertiary/aromatic N) is 1. The maximum atomic E-state index is 11.7. The number of nitrogens with one attached hydrogen (secondary N) is 1. The van der Waals surface area contributed by atoms with Crippen LogP contribution >= 0.6 is 0 Å². The van der Waals surface area contributed by atoms with Crippen molar-refractivity contribution in [3.05, 3.63) is 81.9 Å². The van der Waals surface area contributed by atoms with Gasteiger partial charge in [0, 0.05) is 24.8 Å². The van der Waals surface area contributed by atoms with Gasteiger partial charge in [0.25, 0.3) is 5.69 Å². The SMILES string of the molecule is O=C(/C=C/c1ccc([N+](=O)[O-])cc1)NCCc1ccccc1. The monoisotopic (exact) mass is 296 g/mol. The molecule has 0 fully saturated rings. The smallest absolute Gasteiger partial charge is 0.269 e. The minimum Gasteiger partial charge on any atom is -0.352 e. The van der Waals surface area contributed by atoms with Crippen molar-refractivity contribution in [2.75, 3.05) is 6.54 Å². The fourth-order valence-electron chi connectivity index (χ4n) is 1.91. The maximum Gasteiger partial charge on any atom is 0.269 e. The summed E-state index contributed by atoms with van der Waals surface area (Å²) in [4.78, 5) is 21.8. The van der Waals surface area contributed by atoms with Gasteiger partial charge in [-0.05, 0) is 35.8 Å². The average molecular weight is 296 g/mol. The Morgan fingerprint density at radius 2 is 1.77 bits per heavy atom. The second-order valence-electron chi connectivity index (χ2n) is 4.71. The van der Waals surface area contributed by atoms with Crippen LogP contribution in [0.15, 0.2) is 60.7 Å². The minimum absolute atomic E-state index is 0.0319. The first-order valence-corrected chi connectivity index (χ1v) is 6.89. The van der Waals surface area contributed by atoms with Crippen LogP contribution in [0.5, 0.6) is 0 Å². The lowest BCUT2D eigenvalue weighted by Gasteiger charge is -2.02. The van der Waals surface area contributed by atoms with Crippen molar-refractivity contribution in [2.24, 2.45) is 0 Å². The van der Waals surface area contributed by atoms with Crippen LogP contribution in [0.2, 0.25) is 0 Å². The van der Waals surface area contributed by atoms with Crippen molar-refractivity contribution in [3.8, 4) is 0 Å². The molecular weight excluding hydrogens is 280 g/mol. The van der Waals surface area contributed by atoms with E-state index in [0.29, 0.717) is 6.54 Å². The lowest BCUT2D eigenvalue weighted by Crippen LogP contribution is -2.23. The van der Waals surface area contributed by atoms with Crippen molar-refractivity contribution < 1.29 is 9.72 Å². The largest absolute Gasteiger partial charge is 0.352 e. The number of amides is 1. The number of non-ortho nitro benzene ring substituents is 1. The Bertz CT molecular complexity index is 664. The molecule has 0 heterocycles. The highest BCUT2D eigenvalue weighted by atomic mass is 16.6. The molecule has 0 aliphatic heterocycles. The second-order valence-corrected chi connectivity index (χ2v) is 4.71. The molecule has 0 bridgehead atoms. The van der Waals surface area contributed by atoms with Crippen LogP contribution in [0, 0.1) is 10.1 Å². The van der Waals surface area contributed by atoms with Gasteiger partial charge in [0.1, 0.15) is 0 Å². The molecule has 0 aliphatic carbocycles. The van der Waals surface area contributed by atoms with Crippen LogP contribution in [0.3, 0.4) is 0 Å². The molecule has 0 unspecified atom stereocenters. The highest BCUT2D eigenvalue weighted by molar-refractivity contribution is 5.91. The summed E-state index contributed by atoms with van der Waals surface area (Å²) >= 11 is 0. The number of carbonyl (C=O) groups excluding carboxylic acids is 1. The van der Waals surface area contributed by atoms with Crippen molar-refractivity contribution in [2.45, 2.75) is 6.42 Å². The van der Waals surface area contributed by atoms with E-state index in [2.05, 4.69) is 5.32 Å². The third-order valence-corrected chi connectivity index (χ3v) is 3.09. The number of nitro benzene ring substituents is 1. The van der Waals surface area contributed by atoms with E-state index in [4.69, 9.17) is 0 Å². The van der Waals surface area contributed by atoms with Gasteiger partial charge in [-0.25, -0.2) is 0 Å². The van der Waals surface area contributed by atoms with Gasteiger partial charge in [-0.3, -0.25) is 14.9 Å². The Morgan fingerprint density at radius 3 is 2.41 bits per heavy atom. The van der Waals surface area contributed by atoms with Crippen LogP contribution in [0.4, 0.5) is 5.69 Å². The molecule has 0 saturated heterocycles. The number of rotatable bonds is 6. The summed E-state index contributed by atoms with van der Waals surface area (Å²) in [6.45, 7) is 0.563. The van der Waals surface area contributed by atoms with Crippen LogP contribution in [0.25, 0.3) is 6.08 Å². The second kappa shape index (κ2) is 7.73. The molecule has 0 saturated carbocycles. The Kier molecular flexibility index (Phi) is 5.43. The van der Waals surface area contributed by atoms with Crippen LogP contribution in [-0.2, 0) is 11.2 Å². The predicted molar refractivity (Wildman–Crippen MR) is 85.3 cm³/mol. The van der Waals surface area contributed by atoms with Gasteiger partial charge < -0.3 is 5.32 Å². The number of carbonyl (C=O) groups is 1. The topological polar surface area (TPSA) is 72.2 Å². The average Bonchev–Trinajstić information content (AvgIpc) is 2.54. The standard InChI is InChI=1S/C17H16N2O3/c20-17(18-13-12-14-4-2-1-3-5-14)11-8-15-6-9-16(10-7-15)19(21)22/h1-11H,12-13H2,(H,18,20)/b11-8+. The van der Waals surface area contributed by atoms with E-state index in [0.717, 1.165) is 12.0 Å². The van der Waals surface area contributed by atoms with Gasteiger partial charge >= 0.3 is 0 Å². The number of nitro groups is 1. The molecule has 5 heteroatoms. The van der Waals surface area contributed by atoms with Crippen LogP contribution in [0.1, 0.15) is 11.1 Å². The van der Waals surface area contributed by atoms with E-state index in [9.17, 15) is 14.9 Å². The molecule has 0 atom stereocenters. The highest BCUT2D eigenvalue weighted by Gasteiger charge is 2.02. The zero-order chi connectivity index (χ0) is 15.8. The molecule has 1 N–H and O–H groups in total. The quantitative estimate of drug-likeness (QED) is 0.506. The van der Waals surface area contributed by atoms with Gasteiger partial charge in [0.05, 0.1) is 4.92 Å². The first-order chi connectivity index (χ1) is 10.6. The van der Waals surface area contributed by atoms with Gasteiger partial charge in [-0.1, -0.05) is 30.3 Å². The van der Waals surface area contributed by atoms with E-state index in [1.165, 1.54) is 23.8 Å². The van der Waals surface area contributed by atoms with Crippen molar-refractivity contribution >= 4 is 17.7 Å². The summed E-state index contributed by atoms with van der Waals surface area (Å²) in [6, 6.07) is 15.9. The summed E-state index contributed by atoms with van der Waals surface area (Å²) in [7, 11) is 0. The zero-order valence-electron chi connectivity index (χ0n) is 11.9. The fraction of sp³-hybridized carbons (Fsp3) is 0.118. The van der Waals surface area contributed by atoms with Crippen LogP contribution < -0.4 is 5.32 Å². The molecule has 0 radical (unpaired) electrons. The van der Waals surface area contributed by atoms with Crippen molar-refractivity contribution in [3.63, 3.8) is 0 Å². The zero-order valence-corrected chi connectivity index (χ0v) is 11.9. The third kappa shape index (κ3) is 4.86. The van der Waals surface area contributed by atoms with E-state index in [-0.39, 0.29) is 11.6 Å². The molecular formula is C17H16N2O3. The number of hydrogen-bond donors (Lipinski definition) is 1. The Morgan fingerprint density at radius 1 is 1.09 bits per heavy atom. The van der Waals surface area contributed by atoms with Crippen LogP contribution in [-0.4, -0.2) is 17.4 Å². The molecule has 5 nitrogen and oxygen atoms in total. The molecule has 0 aliphatic rings. The van der Waals surface area contributed by atoms with Gasteiger partial charge in [-0.2, -0.15) is 0 Å². The Hall–Kier alpha value is -2.95. The summed E-state index contributed by atoms with van der Waals surface area (Å²) in [5.41, 5.74) is 1.94. The lowest BCUT2D eigenvalue weighted by molar-refractivity contribution is -0.384. The van der Waals surface area contributed by atoms with E-state index in [1.807, 2.05) is 30.3 Å². The number of benzene rings is 2. The summed E-state index contributed by atoms with van der Waals surface area (Å²) in [5, 5.41) is 13.3. The Labute approximate surface area is 128 Å². The van der Waals surface area contributed by atoms with Crippen molar-refractivity contribution in [1.29, 1.82) is 0 Å². The van der Waals surface area contributed by atoms with E-state index in [1.54, 1.807) is 18.2 Å². The first-order valence-electron chi connectivity index (χ1n) is 6.89. The molecule has 2 rings (SSSR count). The van der Waals surface area contributed by atoms with E-state index < -0.39 is 4.92 Å². The van der Waals surface area contributed by atoms with Gasteiger partial charge in [0.15, 0.2) is 0 Å². The third-order valence-electron chi connectivity index (χ3n) is 3.09. The maximum absolute atomic E-state index is 11.7. The molecule has 22 heavy (non-hydrogen) atoms. The predicted octanol–water partition coefficient (Wildman–Crippen LogP) is 2.97. The molecule has 112 valence electrons. The molecule has 1 amide bonds.